The molecule has 4 nitrogen and oxygen atoms in total. The highest BCUT2D eigenvalue weighted by Crippen LogP contribution is 2.13. The Morgan fingerprint density at radius 1 is 1.77 bits per heavy atom. The van der Waals surface area contributed by atoms with E-state index in [0.717, 1.165) is 5.95 Å². The molecule has 0 amide bonds. The normalized spacial score (nSPS) is 15.3. The third-order valence-corrected chi connectivity index (χ3v) is 2.79. The van der Waals surface area contributed by atoms with Crippen molar-refractivity contribution < 1.29 is 4.21 Å². The van der Waals surface area contributed by atoms with Crippen LogP contribution >= 0.6 is 0 Å². The molecule has 1 N–H and O–H groups in total. The lowest BCUT2D eigenvalue weighted by atomic mass is 10.4. The second-order valence-electron chi connectivity index (χ2n) is 3.00. The monoisotopic (exact) mass is 201 g/mol. The van der Waals surface area contributed by atoms with Crippen molar-refractivity contribution in [3.63, 3.8) is 0 Å². The second-order valence-corrected chi connectivity index (χ2v) is 4.48. The number of nitrogens with zero attached hydrogens (tertiary/aromatic N) is 2. The second kappa shape index (κ2) is 4.41. The van der Waals surface area contributed by atoms with Crippen LogP contribution in [0.15, 0.2) is 12.4 Å². The van der Waals surface area contributed by atoms with E-state index in [0.29, 0.717) is 5.75 Å². The smallest absolute Gasteiger partial charge is 0.202 e. The average Bonchev–Trinajstić information content (AvgIpc) is 2.49. The third-order valence-electron chi connectivity index (χ3n) is 1.84. The zero-order chi connectivity index (χ0) is 9.84. The predicted octanol–water partition coefficient (Wildman–Crippen LogP) is 0.864. The van der Waals surface area contributed by atoms with E-state index >= 15 is 0 Å². The van der Waals surface area contributed by atoms with Crippen molar-refractivity contribution in [2.24, 2.45) is 0 Å². The van der Waals surface area contributed by atoms with Gasteiger partial charge in [-0.25, -0.2) is 4.98 Å². The minimum atomic E-state index is -0.767. The fourth-order valence-corrected chi connectivity index (χ4v) is 2.12. The first kappa shape index (κ1) is 10.2. The molecule has 1 aromatic rings. The Morgan fingerprint density at radius 3 is 3.00 bits per heavy atom. The number of aromatic nitrogens is 2. The number of rotatable bonds is 4. The van der Waals surface area contributed by atoms with Crippen LogP contribution in [0.4, 0.5) is 5.95 Å². The maximum Gasteiger partial charge on any atom is 0.202 e. The summed E-state index contributed by atoms with van der Waals surface area (Å²) in [7, 11) is 1.06. The quantitative estimate of drug-likeness (QED) is 0.786. The van der Waals surface area contributed by atoms with E-state index in [1.54, 1.807) is 12.5 Å². The zero-order valence-electron chi connectivity index (χ0n) is 8.15. The van der Waals surface area contributed by atoms with Gasteiger partial charge < -0.3 is 9.88 Å². The molecule has 2 atom stereocenters. The summed E-state index contributed by atoms with van der Waals surface area (Å²) in [5, 5.41) is 2.98. The lowest BCUT2D eigenvalue weighted by Gasteiger charge is -2.14. The standard InChI is InChI=1S/C8H15N3OS/c1-7(6-13(3)12)11-5-4-10-8(11)9-2/h4-5,7H,6H2,1-3H3,(H,9,10). The summed E-state index contributed by atoms with van der Waals surface area (Å²) in [6.07, 6.45) is 5.34. The molecule has 0 radical (unpaired) electrons. The summed E-state index contributed by atoms with van der Waals surface area (Å²) >= 11 is 0. The maximum atomic E-state index is 11.0. The zero-order valence-corrected chi connectivity index (χ0v) is 8.97. The molecule has 1 aromatic heterocycles. The van der Waals surface area contributed by atoms with E-state index in [1.165, 1.54) is 0 Å². The van der Waals surface area contributed by atoms with Crippen molar-refractivity contribution in [3.8, 4) is 0 Å². The van der Waals surface area contributed by atoms with Gasteiger partial charge >= 0.3 is 0 Å². The van der Waals surface area contributed by atoms with Crippen LogP contribution in [0.5, 0.6) is 0 Å². The van der Waals surface area contributed by atoms with Crippen LogP contribution in [-0.2, 0) is 10.8 Å². The highest BCUT2D eigenvalue weighted by Gasteiger charge is 2.09. The molecule has 1 heterocycles. The Labute approximate surface area is 80.8 Å². The number of nitrogens with one attached hydrogen (secondary N) is 1. The highest BCUT2D eigenvalue weighted by atomic mass is 32.2. The molecule has 74 valence electrons. The summed E-state index contributed by atoms with van der Waals surface area (Å²) in [5.41, 5.74) is 0. The van der Waals surface area contributed by atoms with Gasteiger partial charge in [0.1, 0.15) is 0 Å². The molecule has 13 heavy (non-hydrogen) atoms. The third kappa shape index (κ3) is 2.55. The van der Waals surface area contributed by atoms with Gasteiger partial charge in [-0.2, -0.15) is 0 Å². The molecular weight excluding hydrogens is 186 g/mol. The van der Waals surface area contributed by atoms with Crippen LogP contribution in [0.3, 0.4) is 0 Å². The topological polar surface area (TPSA) is 46.9 Å². The largest absolute Gasteiger partial charge is 0.359 e. The minimum absolute atomic E-state index is 0.218. The van der Waals surface area contributed by atoms with Crippen LogP contribution in [0.2, 0.25) is 0 Å². The molecule has 0 saturated heterocycles. The van der Waals surface area contributed by atoms with E-state index in [9.17, 15) is 4.21 Å². The van der Waals surface area contributed by atoms with E-state index in [2.05, 4.69) is 10.3 Å². The summed E-state index contributed by atoms with van der Waals surface area (Å²) in [4.78, 5) is 4.12. The van der Waals surface area contributed by atoms with Gasteiger partial charge in [0, 0.05) is 48.3 Å². The fourth-order valence-electron chi connectivity index (χ4n) is 1.28. The molecule has 2 unspecified atom stereocenters. The molecule has 0 saturated carbocycles. The molecule has 0 aliphatic carbocycles. The van der Waals surface area contributed by atoms with Gasteiger partial charge in [-0.15, -0.1) is 0 Å². The van der Waals surface area contributed by atoms with Crippen LogP contribution in [-0.4, -0.2) is 32.8 Å². The number of anilines is 1. The predicted molar refractivity (Wildman–Crippen MR) is 55.4 cm³/mol. The summed E-state index contributed by atoms with van der Waals surface area (Å²) < 4.78 is 13.0. The van der Waals surface area contributed by atoms with Gasteiger partial charge in [0.15, 0.2) is 0 Å². The molecule has 0 aliphatic rings. The van der Waals surface area contributed by atoms with Crippen molar-refractivity contribution in [2.45, 2.75) is 13.0 Å². The lowest BCUT2D eigenvalue weighted by molar-refractivity contribution is 0.603. The first-order valence-electron chi connectivity index (χ1n) is 4.15. The molecular formula is C8H15N3OS. The van der Waals surface area contributed by atoms with Crippen LogP contribution < -0.4 is 5.32 Å². The molecule has 0 spiro atoms. The Bertz CT molecular complexity index is 297. The van der Waals surface area contributed by atoms with Gasteiger partial charge in [0.25, 0.3) is 0 Å². The van der Waals surface area contributed by atoms with E-state index in [1.807, 2.05) is 24.7 Å². The van der Waals surface area contributed by atoms with Gasteiger partial charge in [0.2, 0.25) is 5.95 Å². The van der Waals surface area contributed by atoms with Crippen molar-refractivity contribution in [2.75, 3.05) is 24.4 Å². The molecule has 1 rings (SSSR count). The number of imidazole rings is 1. The van der Waals surface area contributed by atoms with Crippen LogP contribution in [0.1, 0.15) is 13.0 Å². The number of hydrogen-bond acceptors (Lipinski definition) is 3. The van der Waals surface area contributed by atoms with Crippen molar-refractivity contribution in [1.82, 2.24) is 9.55 Å². The average molecular weight is 201 g/mol. The highest BCUT2D eigenvalue weighted by molar-refractivity contribution is 7.84. The first-order valence-corrected chi connectivity index (χ1v) is 5.88. The summed E-state index contributed by atoms with van der Waals surface area (Å²) in [5.74, 6) is 1.48. The summed E-state index contributed by atoms with van der Waals surface area (Å²) in [6.45, 7) is 2.03. The van der Waals surface area contributed by atoms with Crippen molar-refractivity contribution >= 4 is 16.7 Å². The van der Waals surface area contributed by atoms with Crippen LogP contribution in [0.25, 0.3) is 0 Å². The summed E-state index contributed by atoms with van der Waals surface area (Å²) in [6, 6.07) is 0.218. The first-order chi connectivity index (χ1) is 6.15. The molecule has 0 fully saturated rings. The van der Waals surface area contributed by atoms with Gasteiger partial charge in [-0.1, -0.05) is 0 Å². The molecule has 0 aliphatic heterocycles. The maximum absolute atomic E-state index is 11.0. The molecule has 0 bridgehead atoms. The Morgan fingerprint density at radius 2 is 2.46 bits per heavy atom. The van der Waals surface area contributed by atoms with E-state index in [-0.39, 0.29) is 6.04 Å². The van der Waals surface area contributed by atoms with E-state index < -0.39 is 10.8 Å². The molecule has 0 aromatic carbocycles. The Hall–Kier alpha value is -0.840. The SMILES string of the molecule is CNc1nccn1C(C)CS(C)=O. The molecule has 5 heteroatoms. The Kier molecular flexibility index (Phi) is 3.48. The number of hydrogen-bond donors (Lipinski definition) is 1. The van der Waals surface area contributed by atoms with E-state index in [4.69, 9.17) is 0 Å². The lowest BCUT2D eigenvalue weighted by Crippen LogP contribution is -2.14. The van der Waals surface area contributed by atoms with Crippen LogP contribution in [0, 0.1) is 0 Å². The van der Waals surface area contributed by atoms with Gasteiger partial charge in [-0.3, -0.25) is 4.21 Å². The Balaban J connectivity index is 2.75. The fraction of sp³-hybridized carbons (Fsp3) is 0.625. The minimum Gasteiger partial charge on any atom is -0.359 e. The van der Waals surface area contributed by atoms with Gasteiger partial charge in [0.05, 0.1) is 0 Å². The van der Waals surface area contributed by atoms with Gasteiger partial charge in [-0.05, 0) is 6.92 Å². The van der Waals surface area contributed by atoms with Crippen molar-refractivity contribution in [1.29, 1.82) is 0 Å². The van der Waals surface area contributed by atoms with Crippen molar-refractivity contribution in [3.05, 3.63) is 12.4 Å².